The van der Waals surface area contributed by atoms with Gasteiger partial charge in [-0.3, -0.25) is 4.79 Å². The van der Waals surface area contributed by atoms with Crippen LogP contribution >= 0.6 is 0 Å². The Bertz CT molecular complexity index is 904. The van der Waals surface area contributed by atoms with E-state index < -0.39 is 5.97 Å². The summed E-state index contributed by atoms with van der Waals surface area (Å²) in [6, 6.07) is 13.7. The molecule has 132 valence electrons. The lowest BCUT2D eigenvalue weighted by Gasteiger charge is -2.09. The van der Waals surface area contributed by atoms with Gasteiger partial charge in [0.05, 0.1) is 19.4 Å². The number of benzene rings is 2. The fourth-order valence-corrected chi connectivity index (χ4v) is 3.07. The summed E-state index contributed by atoms with van der Waals surface area (Å²) in [7, 11) is 0. The van der Waals surface area contributed by atoms with E-state index in [-0.39, 0.29) is 12.3 Å². The summed E-state index contributed by atoms with van der Waals surface area (Å²) in [5.74, 6) is 0.515. The topological polar surface area (TPSA) is 73.6 Å². The first kappa shape index (κ1) is 16.2. The summed E-state index contributed by atoms with van der Waals surface area (Å²) in [5, 5.41) is 8.96. The van der Waals surface area contributed by atoms with Crippen LogP contribution in [0.25, 0.3) is 5.69 Å². The van der Waals surface area contributed by atoms with Gasteiger partial charge in [0.15, 0.2) is 0 Å². The molecule has 2 heterocycles. The molecule has 3 aromatic rings. The van der Waals surface area contributed by atoms with Crippen molar-refractivity contribution in [1.29, 1.82) is 0 Å². The van der Waals surface area contributed by atoms with Crippen molar-refractivity contribution >= 4 is 5.97 Å². The number of ether oxygens (including phenoxy) is 2. The molecule has 2 aromatic carbocycles. The van der Waals surface area contributed by atoms with Crippen LogP contribution in [0, 0.1) is 0 Å². The maximum Gasteiger partial charge on any atom is 0.304 e. The number of aromatic nitrogens is 2. The van der Waals surface area contributed by atoms with Crippen LogP contribution in [0.5, 0.6) is 11.5 Å². The second-order valence-corrected chi connectivity index (χ2v) is 6.23. The summed E-state index contributed by atoms with van der Waals surface area (Å²) in [4.78, 5) is 14.9. The number of nitrogens with zero attached hydrogens (tertiary/aromatic N) is 2. The Hall–Kier alpha value is -3.28. The molecule has 26 heavy (non-hydrogen) atoms. The fraction of sp³-hybridized carbons (Fsp3) is 0.200. The van der Waals surface area contributed by atoms with Crippen LogP contribution in [0.4, 0.5) is 0 Å². The van der Waals surface area contributed by atoms with Gasteiger partial charge in [0.2, 0.25) is 0 Å². The second kappa shape index (κ2) is 6.92. The molecule has 6 nitrogen and oxygen atoms in total. The van der Waals surface area contributed by atoms with Gasteiger partial charge in [0, 0.05) is 35.6 Å². The van der Waals surface area contributed by atoms with E-state index in [2.05, 4.69) is 4.98 Å². The third-order valence-electron chi connectivity index (χ3n) is 4.43. The van der Waals surface area contributed by atoms with Gasteiger partial charge in [0.1, 0.15) is 18.1 Å². The van der Waals surface area contributed by atoms with E-state index in [4.69, 9.17) is 14.6 Å². The van der Waals surface area contributed by atoms with Crippen molar-refractivity contribution in [2.75, 3.05) is 6.61 Å². The number of fused-ring (bicyclic) bond motifs is 1. The molecule has 0 fully saturated rings. The summed E-state index contributed by atoms with van der Waals surface area (Å²) in [6.07, 6.45) is 5.48. The highest BCUT2D eigenvalue weighted by molar-refractivity contribution is 5.68. The summed E-state index contributed by atoms with van der Waals surface area (Å²) >= 11 is 0. The molecule has 0 saturated heterocycles. The van der Waals surface area contributed by atoms with Crippen molar-refractivity contribution in [2.45, 2.75) is 18.9 Å². The van der Waals surface area contributed by atoms with Gasteiger partial charge in [-0.15, -0.1) is 0 Å². The Morgan fingerprint density at radius 1 is 1.27 bits per heavy atom. The van der Waals surface area contributed by atoms with E-state index in [1.165, 1.54) is 0 Å². The Labute approximate surface area is 150 Å². The molecule has 0 saturated carbocycles. The quantitative estimate of drug-likeness (QED) is 0.737. The van der Waals surface area contributed by atoms with E-state index >= 15 is 0 Å². The lowest BCUT2D eigenvalue weighted by atomic mass is 9.98. The van der Waals surface area contributed by atoms with Crippen LogP contribution in [0.1, 0.15) is 23.5 Å². The van der Waals surface area contributed by atoms with Crippen molar-refractivity contribution in [3.05, 3.63) is 72.3 Å². The van der Waals surface area contributed by atoms with Gasteiger partial charge in [-0.25, -0.2) is 4.98 Å². The standard InChI is InChI=1S/C20H18N2O4/c23-20(24)9-15-12-26-19-10-17(5-6-18(15)19)25-11-14-1-3-16(4-2-14)22-8-7-21-13-22/h1-8,10,13,15H,9,11-12H2,(H,23,24). The number of carbonyl (C=O) groups is 1. The Balaban J connectivity index is 1.40. The maximum atomic E-state index is 10.9. The van der Waals surface area contributed by atoms with Gasteiger partial charge < -0.3 is 19.1 Å². The molecule has 1 atom stereocenters. The third-order valence-corrected chi connectivity index (χ3v) is 4.43. The molecule has 6 heteroatoms. The zero-order valence-electron chi connectivity index (χ0n) is 14.0. The van der Waals surface area contributed by atoms with E-state index in [1.807, 2.05) is 53.2 Å². The lowest BCUT2D eigenvalue weighted by Crippen LogP contribution is -2.07. The Morgan fingerprint density at radius 3 is 2.85 bits per heavy atom. The van der Waals surface area contributed by atoms with E-state index in [0.29, 0.717) is 24.7 Å². The van der Waals surface area contributed by atoms with E-state index in [1.54, 1.807) is 12.5 Å². The zero-order chi connectivity index (χ0) is 17.9. The molecular weight excluding hydrogens is 332 g/mol. The molecule has 1 aliphatic heterocycles. The fourth-order valence-electron chi connectivity index (χ4n) is 3.07. The van der Waals surface area contributed by atoms with Crippen LogP contribution in [0.15, 0.2) is 61.2 Å². The van der Waals surface area contributed by atoms with E-state index in [0.717, 1.165) is 16.8 Å². The molecule has 0 bridgehead atoms. The first-order valence-corrected chi connectivity index (χ1v) is 8.37. The second-order valence-electron chi connectivity index (χ2n) is 6.23. The van der Waals surface area contributed by atoms with Crippen LogP contribution in [0.3, 0.4) is 0 Å². The summed E-state index contributed by atoms with van der Waals surface area (Å²) < 4.78 is 13.4. The highest BCUT2D eigenvalue weighted by Crippen LogP contribution is 2.38. The minimum absolute atomic E-state index is 0.0798. The molecule has 1 N–H and O–H groups in total. The van der Waals surface area contributed by atoms with Crippen molar-refractivity contribution in [3.8, 4) is 17.2 Å². The molecule has 0 aliphatic carbocycles. The van der Waals surface area contributed by atoms with Gasteiger partial charge >= 0.3 is 5.97 Å². The third kappa shape index (κ3) is 3.39. The number of hydrogen-bond donors (Lipinski definition) is 1. The minimum Gasteiger partial charge on any atom is -0.492 e. The van der Waals surface area contributed by atoms with Gasteiger partial charge in [0.25, 0.3) is 0 Å². The smallest absolute Gasteiger partial charge is 0.304 e. The number of hydrogen-bond acceptors (Lipinski definition) is 4. The average molecular weight is 350 g/mol. The number of carboxylic acid groups (broad SMARTS) is 1. The first-order chi connectivity index (χ1) is 12.7. The van der Waals surface area contributed by atoms with Crippen LogP contribution in [0.2, 0.25) is 0 Å². The summed E-state index contributed by atoms with van der Waals surface area (Å²) in [6.45, 7) is 0.850. The number of carboxylic acids is 1. The predicted octanol–water partition coefficient (Wildman–Crippen LogP) is 3.40. The highest BCUT2D eigenvalue weighted by atomic mass is 16.5. The molecule has 0 radical (unpaired) electrons. The van der Waals surface area contributed by atoms with Gasteiger partial charge in [-0.1, -0.05) is 18.2 Å². The molecular formula is C20H18N2O4. The van der Waals surface area contributed by atoms with Crippen molar-refractivity contribution in [1.82, 2.24) is 9.55 Å². The Morgan fingerprint density at radius 2 is 2.12 bits per heavy atom. The predicted molar refractivity (Wildman–Crippen MR) is 94.8 cm³/mol. The number of aliphatic carboxylic acids is 1. The number of rotatable bonds is 6. The van der Waals surface area contributed by atoms with Crippen LogP contribution in [-0.4, -0.2) is 27.2 Å². The SMILES string of the molecule is O=C(O)CC1COc2cc(OCc3ccc(-n4ccnc4)cc3)ccc21. The van der Waals surface area contributed by atoms with Crippen LogP contribution < -0.4 is 9.47 Å². The lowest BCUT2D eigenvalue weighted by molar-refractivity contribution is -0.137. The van der Waals surface area contributed by atoms with Crippen molar-refractivity contribution in [3.63, 3.8) is 0 Å². The van der Waals surface area contributed by atoms with Gasteiger partial charge in [-0.05, 0) is 23.8 Å². The zero-order valence-corrected chi connectivity index (χ0v) is 14.0. The molecule has 0 spiro atoms. The van der Waals surface area contributed by atoms with E-state index in [9.17, 15) is 4.79 Å². The van der Waals surface area contributed by atoms with Gasteiger partial charge in [-0.2, -0.15) is 0 Å². The molecule has 0 amide bonds. The minimum atomic E-state index is -0.814. The first-order valence-electron chi connectivity index (χ1n) is 8.37. The molecule has 4 rings (SSSR count). The van der Waals surface area contributed by atoms with Crippen LogP contribution in [-0.2, 0) is 11.4 Å². The summed E-state index contributed by atoms with van der Waals surface area (Å²) in [5.41, 5.74) is 3.03. The molecule has 1 unspecified atom stereocenters. The maximum absolute atomic E-state index is 10.9. The largest absolute Gasteiger partial charge is 0.492 e. The Kier molecular flexibility index (Phi) is 4.31. The average Bonchev–Trinajstić information content (AvgIpc) is 3.30. The monoisotopic (exact) mass is 350 g/mol. The van der Waals surface area contributed by atoms with Crippen molar-refractivity contribution < 1.29 is 19.4 Å². The molecule has 1 aliphatic rings. The molecule has 1 aromatic heterocycles. The van der Waals surface area contributed by atoms with Crippen molar-refractivity contribution in [2.24, 2.45) is 0 Å². The normalized spacial score (nSPS) is 15.3. The number of imidazole rings is 1. The highest BCUT2D eigenvalue weighted by Gasteiger charge is 2.26.